The smallest absolute Gasteiger partial charge is 0.261 e. The zero-order chi connectivity index (χ0) is 20.5. The number of fused-ring (bicyclic) bond motifs is 1. The number of nitrogens with one attached hydrogen (secondary N) is 1. The first-order chi connectivity index (χ1) is 14.7. The molecule has 0 bridgehead atoms. The Hall–Kier alpha value is -2.51. The number of rotatable bonds is 5. The molecule has 5 rings (SSSR count). The number of nitrogens with zero attached hydrogens (tertiary/aromatic N) is 4. The van der Waals surface area contributed by atoms with Crippen LogP contribution in [0.1, 0.15) is 37.6 Å². The van der Waals surface area contributed by atoms with Crippen LogP contribution in [0.4, 0.5) is 5.82 Å². The Kier molecular flexibility index (Phi) is 5.39. The van der Waals surface area contributed by atoms with Gasteiger partial charge in [-0.25, -0.2) is 4.98 Å². The van der Waals surface area contributed by atoms with Gasteiger partial charge in [0.2, 0.25) is 0 Å². The summed E-state index contributed by atoms with van der Waals surface area (Å²) in [6.45, 7) is 7.65. The molecule has 7 heteroatoms. The van der Waals surface area contributed by atoms with Crippen molar-refractivity contribution in [2.24, 2.45) is 0 Å². The van der Waals surface area contributed by atoms with Crippen LogP contribution in [0.25, 0.3) is 22.4 Å². The van der Waals surface area contributed by atoms with Crippen molar-refractivity contribution in [1.82, 2.24) is 20.4 Å². The molecule has 2 fully saturated rings. The van der Waals surface area contributed by atoms with Gasteiger partial charge in [-0.15, -0.1) is 0 Å². The number of aromatic nitrogens is 3. The van der Waals surface area contributed by atoms with Crippen molar-refractivity contribution in [1.29, 1.82) is 0 Å². The van der Waals surface area contributed by atoms with Crippen LogP contribution < -0.4 is 10.2 Å². The average Bonchev–Trinajstić information content (AvgIpc) is 3.45. The first-order valence-electron chi connectivity index (χ1n) is 11.0. The van der Waals surface area contributed by atoms with Gasteiger partial charge < -0.3 is 19.5 Å². The highest BCUT2D eigenvalue weighted by molar-refractivity contribution is 5.88. The van der Waals surface area contributed by atoms with Gasteiger partial charge in [0.05, 0.1) is 17.7 Å². The molecule has 2 saturated heterocycles. The van der Waals surface area contributed by atoms with E-state index >= 15 is 0 Å². The number of pyridine rings is 1. The fourth-order valence-electron chi connectivity index (χ4n) is 4.50. The van der Waals surface area contributed by atoms with Gasteiger partial charge in [0, 0.05) is 37.2 Å². The second-order valence-electron chi connectivity index (χ2n) is 8.38. The van der Waals surface area contributed by atoms with Crippen molar-refractivity contribution in [3.05, 3.63) is 35.7 Å². The van der Waals surface area contributed by atoms with Crippen LogP contribution in [0.15, 0.2) is 28.8 Å². The third-order valence-corrected chi connectivity index (χ3v) is 6.22. The van der Waals surface area contributed by atoms with Crippen LogP contribution in [0.3, 0.4) is 0 Å². The number of hydrogen-bond donors (Lipinski definition) is 1. The van der Waals surface area contributed by atoms with Crippen LogP contribution in [-0.2, 0) is 11.2 Å². The van der Waals surface area contributed by atoms with E-state index in [0.29, 0.717) is 23.8 Å². The molecule has 1 atom stereocenters. The van der Waals surface area contributed by atoms with Crippen LogP contribution in [-0.4, -0.2) is 53.5 Å². The molecule has 0 unspecified atom stereocenters. The van der Waals surface area contributed by atoms with Gasteiger partial charge in [-0.2, -0.15) is 4.98 Å². The molecule has 7 nitrogen and oxygen atoms in total. The number of aryl methyl sites for hydroxylation is 2. The van der Waals surface area contributed by atoms with Crippen molar-refractivity contribution >= 4 is 16.7 Å². The summed E-state index contributed by atoms with van der Waals surface area (Å²) in [5.41, 5.74) is 3.23. The molecule has 1 aromatic carbocycles. The van der Waals surface area contributed by atoms with Gasteiger partial charge in [-0.1, -0.05) is 18.1 Å². The summed E-state index contributed by atoms with van der Waals surface area (Å²) in [5, 5.41) is 8.89. The van der Waals surface area contributed by atoms with Crippen LogP contribution in [0.5, 0.6) is 0 Å². The predicted molar refractivity (Wildman–Crippen MR) is 117 cm³/mol. The first kappa shape index (κ1) is 19.5. The van der Waals surface area contributed by atoms with E-state index < -0.39 is 0 Å². The van der Waals surface area contributed by atoms with E-state index in [1.807, 2.05) is 6.92 Å². The molecular weight excluding hydrogens is 378 g/mol. The second-order valence-corrected chi connectivity index (χ2v) is 8.38. The highest BCUT2D eigenvalue weighted by Crippen LogP contribution is 2.33. The molecule has 0 aliphatic carbocycles. The molecule has 3 aromatic rings. The van der Waals surface area contributed by atoms with Gasteiger partial charge >= 0.3 is 0 Å². The largest absolute Gasteiger partial charge is 0.380 e. The maximum absolute atomic E-state index is 5.54. The van der Waals surface area contributed by atoms with E-state index in [2.05, 4.69) is 51.5 Å². The Morgan fingerprint density at radius 3 is 2.67 bits per heavy atom. The van der Waals surface area contributed by atoms with Gasteiger partial charge in [-0.05, 0) is 56.4 Å². The van der Waals surface area contributed by atoms with Gasteiger partial charge in [0.1, 0.15) is 5.82 Å². The fraction of sp³-hybridized carbons (Fsp3) is 0.522. The summed E-state index contributed by atoms with van der Waals surface area (Å²) in [4.78, 5) is 11.9. The summed E-state index contributed by atoms with van der Waals surface area (Å²) in [5.74, 6) is 2.13. The topological polar surface area (TPSA) is 76.3 Å². The Balaban J connectivity index is 1.43. The van der Waals surface area contributed by atoms with Crippen molar-refractivity contribution in [2.45, 2.75) is 51.6 Å². The number of anilines is 1. The molecule has 158 valence electrons. The molecule has 1 N–H and O–H groups in total. The van der Waals surface area contributed by atoms with Crippen LogP contribution in [0.2, 0.25) is 0 Å². The van der Waals surface area contributed by atoms with E-state index in [0.717, 1.165) is 74.3 Å². The lowest BCUT2D eigenvalue weighted by molar-refractivity contribution is 0.186. The molecule has 30 heavy (non-hydrogen) atoms. The molecule has 0 saturated carbocycles. The third kappa shape index (κ3) is 3.91. The number of ether oxygens (including phenoxy) is 1. The lowest BCUT2D eigenvalue weighted by Crippen LogP contribution is -2.46. The zero-order valence-electron chi connectivity index (χ0n) is 17.7. The van der Waals surface area contributed by atoms with Crippen molar-refractivity contribution in [3.8, 4) is 11.5 Å². The maximum Gasteiger partial charge on any atom is 0.261 e. The highest BCUT2D eigenvalue weighted by atomic mass is 16.5. The third-order valence-electron chi connectivity index (χ3n) is 6.22. The second kappa shape index (κ2) is 8.32. The van der Waals surface area contributed by atoms with Gasteiger partial charge in [-0.3, -0.25) is 0 Å². The molecule has 2 aliphatic heterocycles. The molecule has 0 radical (unpaired) electrons. The minimum Gasteiger partial charge on any atom is -0.380 e. The number of hydrogen-bond acceptors (Lipinski definition) is 7. The lowest BCUT2D eigenvalue weighted by Gasteiger charge is -2.35. The average molecular weight is 408 g/mol. The lowest BCUT2D eigenvalue weighted by atomic mass is 10.0. The molecule has 4 heterocycles. The van der Waals surface area contributed by atoms with Gasteiger partial charge in [0.15, 0.2) is 5.82 Å². The molecule has 2 aliphatic rings. The molecular formula is C23H29N5O2. The Bertz CT molecular complexity index is 1020. The zero-order valence-corrected chi connectivity index (χ0v) is 17.7. The van der Waals surface area contributed by atoms with Crippen molar-refractivity contribution in [2.75, 3.05) is 31.2 Å². The van der Waals surface area contributed by atoms with E-state index in [1.54, 1.807) is 0 Å². The molecule has 2 aromatic heterocycles. The minimum absolute atomic E-state index is 0.505. The van der Waals surface area contributed by atoms with Crippen LogP contribution in [0, 0.1) is 6.92 Å². The highest BCUT2D eigenvalue weighted by Gasteiger charge is 2.27. The Labute approximate surface area is 176 Å². The van der Waals surface area contributed by atoms with E-state index in [1.165, 1.54) is 5.56 Å². The van der Waals surface area contributed by atoms with Crippen molar-refractivity contribution in [3.63, 3.8) is 0 Å². The summed E-state index contributed by atoms with van der Waals surface area (Å²) < 4.78 is 11.1. The Morgan fingerprint density at radius 2 is 1.97 bits per heavy atom. The van der Waals surface area contributed by atoms with E-state index in [-0.39, 0.29) is 0 Å². The fourth-order valence-corrected chi connectivity index (χ4v) is 4.50. The number of benzene rings is 1. The standard InChI is InChI=1S/C23H29N5O2/c1-3-16-4-5-21-17(12-16)13-20(23-24-15(2)27-30-23)22(26-21)28-9-6-18(7-10-28)25-19-8-11-29-14-19/h4-5,12-13,18-19,25H,3,6-11,14H2,1-2H3/t19-/m1/s1. The Morgan fingerprint density at radius 1 is 1.10 bits per heavy atom. The molecule has 0 amide bonds. The summed E-state index contributed by atoms with van der Waals surface area (Å²) in [6, 6.07) is 9.69. The summed E-state index contributed by atoms with van der Waals surface area (Å²) in [6.07, 6.45) is 4.30. The van der Waals surface area contributed by atoms with E-state index in [9.17, 15) is 0 Å². The van der Waals surface area contributed by atoms with E-state index in [4.69, 9.17) is 14.2 Å². The van der Waals surface area contributed by atoms with Gasteiger partial charge in [0.25, 0.3) is 5.89 Å². The SMILES string of the molecule is CCc1ccc2nc(N3CCC(N[C@@H]4CCOC4)CC3)c(-c3nc(C)no3)cc2c1. The first-order valence-corrected chi connectivity index (χ1v) is 11.0. The number of piperidine rings is 1. The normalized spacial score (nSPS) is 20.3. The van der Waals surface area contributed by atoms with Crippen molar-refractivity contribution < 1.29 is 9.26 Å². The monoisotopic (exact) mass is 407 g/mol. The quantitative estimate of drug-likeness (QED) is 0.694. The molecule has 0 spiro atoms. The maximum atomic E-state index is 5.54. The van der Waals surface area contributed by atoms with Crippen LogP contribution >= 0.6 is 0 Å². The minimum atomic E-state index is 0.505. The summed E-state index contributed by atoms with van der Waals surface area (Å²) >= 11 is 0. The predicted octanol–water partition coefficient (Wildman–Crippen LogP) is 3.50. The summed E-state index contributed by atoms with van der Waals surface area (Å²) in [7, 11) is 0.